The van der Waals surface area contributed by atoms with E-state index in [1.54, 1.807) is 48.5 Å². The van der Waals surface area contributed by atoms with Crippen LogP contribution in [0, 0.1) is 0 Å². The molecule has 39 heavy (non-hydrogen) atoms. The third-order valence-electron chi connectivity index (χ3n) is 7.83. The first-order chi connectivity index (χ1) is 18.9. The second-order valence-corrected chi connectivity index (χ2v) is 11.0. The van der Waals surface area contributed by atoms with E-state index in [-0.39, 0.29) is 18.8 Å². The lowest BCUT2D eigenvalue weighted by atomic mass is 9.73. The number of carbonyl (C=O) groups excluding carboxylic acids is 2. The van der Waals surface area contributed by atoms with Crippen LogP contribution in [0.15, 0.2) is 72.3 Å². The summed E-state index contributed by atoms with van der Waals surface area (Å²) in [5, 5.41) is 0.857. The Labute approximate surface area is 234 Å². The van der Waals surface area contributed by atoms with Crippen molar-refractivity contribution < 1.29 is 28.5 Å². The maximum absolute atomic E-state index is 13.4. The van der Waals surface area contributed by atoms with E-state index in [1.807, 2.05) is 18.2 Å². The molecule has 198 valence electrons. The summed E-state index contributed by atoms with van der Waals surface area (Å²) in [6, 6.07) is 17.2. The van der Waals surface area contributed by atoms with Gasteiger partial charge in [-0.1, -0.05) is 40.9 Å². The number of carbonyl (C=O) groups is 2. The highest BCUT2D eigenvalue weighted by Gasteiger charge is 2.52. The molecule has 0 spiro atoms. The quantitative estimate of drug-likeness (QED) is 0.294. The fraction of sp³-hybridized carbons (Fsp3) is 0.267. The summed E-state index contributed by atoms with van der Waals surface area (Å²) >= 11 is 12.3. The number of halogens is 2. The van der Waals surface area contributed by atoms with Crippen molar-refractivity contribution in [1.82, 2.24) is 4.90 Å². The molecule has 9 heteroatoms. The van der Waals surface area contributed by atoms with Crippen LogP contribution in [0.25, 0.3) is 0 Å². The smallest absolute Gasteiger partial charge is 0.338 e. The molecule has 1 fully saturated rings. The lowest BCUT2D eigenvalue weighted by molar-refractivity contribution is -0.0443. The summed E-state index contributed by atoms with van der Waals surface area (Å²) in [4.78, 5) is 29.1. The third kappa shape index (κ3) is 4.35. The first kappa shape index (κ1) is 24.5. The molecule has 0 amide bonds. The predicted octanol–water partition coefficient (Wildman–Crippen LogP) is 5.78. The van der Waals surface area contributed by atoms with Gasteiger partial charge in [-0.15, -0.1) is 0 Å². The number of fused-ring (bicyclic) bond motifs is 3. The van der Waals surface area contributed by atoms with Crippen LogP contribution in [0.5, 0.6) is 11.5 Å². The lowest BCUT2D eigenvalue weighted by Gasteiger charge is -2.46. The molecule has 0 N–H and O–H groups in total. The van der Waals surface area contributed by atoms with Crippen LogP contribution < -0.4 is 9.47 Å². The predicted molar refractivity (Wildman–Crippen MR) is 144 cm³/mol. The van der Waals surface area contributed by atoms with Gasteiger partial charge in [-0.3, -0.25) is 4.90 Å². The molecule has 3 aliphatic heterocycles. The van der Waals surface area contributed by atoms with Crippen LogP contribution in [-0.2, 0) is 16.0 Å². The Bertz CT molecular complexity index is 1540. The number of hydrogen-bond acceptors (Lipinski definition) is 7. The third-order valence-corrected chi connectivity index (χ3v) is 8.30. The Morgan fingerprint density at radius 1 is 0.872 bits per heavy atom. The van der Waals surface area contributed by atoms with Gasteiger partial charge in [-0.25, -0.2) is 9.59 Å². The standard InChI is InChI=1S/C30H23Cl2NO6/c31-20-5-1-3-17(9-20)29(34)38-25-11-16-7-8-33-14-19-12-23-24(37-15-36-23)13-22(19)26(27(16)33)28(25)39-30(35)18-4-2-6-21(32)10-18/h1-6,9-13,25-28H,7-8,14-15H2/t25-,26-,27+,28+/m0/s1. The topological polar surface area (TPSA) is 74.3 Å². The SMILES string of the molecule is O=C(O[C@H]1[C@H]2c3cc4c(cc3CN3CCC(=C[C@@H]1OC(=O)c1cccc(Cl)c1)[C@H]23)OCO4)c1cccc(Cl)c1. The largest absolute Gasteiger partial charge is 0.454 e. The summed E-state index contributed by atoms with van der Waals surface area (Å²) < 4.78 is 23.6. The highest BCUT2D eigenvalue weighted by molar-refractivity contribution is 6.31. The molecule has 1 aliphatic carbocycles. The maximum atomic E-state index is 13.4. The molecule has 7 rings (SSSR count). The van der Waals surface area contributed by atoms with Gasteiger partial charge in [0.25, 0.3) is 0 Å². The van der Waals surface area contributed by atoms with Crippen molar-refractivity contribution in [2.75, 3.05) is 13.3 Å². The van der Waals surface area contributed by atoms with Gasteiger partial charge < -0.3 is 18.9 Å². The van der Waals surface area contributed by atoms with Gasteiger partial charge >= 0.3 is 11.9 Å². The Hall–Kier alpha value is -3.52. The van der Waals surface area contributed by atoms with Crippen LogP contribution in [0.2, 0.25) is 10.0 Å². The van der Waals surface area contributed by atoms with E-state index >= 15 is 0 Å². The Kier molecular flexibility index (Phi) is 6.03. The van der Waals surface area contributed by atoms with E-state index in [9.17, 15) is 9.59 Å². The van der Waals surface area contributed by atoms with Crippen LogP contribution in [0.3, 0.4) is 0 Å². The number of rotatable bonds is 4. The average Bonchev–Trinajstić information content (AvgIpc) is 3.55. The molecule has 4 aliphatic rings. The molecule has 0 unspecified atom stereocenters. The lowest BCUT2D eigenvalue weighted by Crippen LogP contribution is -2.52. The van der Waals surface area contributed by atoms with Crippen molar-refractivity contribution in [3.05, 3.63) is 105 Å². The number of benzene rings is 3. The molecular weight excluding hydrogens is 541 g/mol. The zero-order chi connectivity index (χ0) is 26.7. The van der Waals surface area contributed by atoms with Crippen LogP contribution >= 0.6 is 23.2 Å². The molecule has 0 radical (unpaired) electrons. The Morgan fingerprint density at radius 2 is 1.54 bits per heavy atom. The second kappa shape index (κ2) is 9.59. The average molecular weight is 564 g/mol. The minimum absolute atomic E-state index is 0.0103. The number of esters is 2. The van der Waals surface area contributed by atoms with E-state index in [0.29, 0.717) is 32.7 Å². The van der Waals surface area contributed by atoms with Gasteiger partial charge in [-0.2, -0.15) is 0 Å². The van der Waals surface area contributed by atoms with E-state index in [0.717, 1.165) is 30.6 Å². The van der Waals surface area contributed by atoms with Crippen molar-refractivity contribution in [3.63, 3.8) is 0 Å². The number of nitrogens with zero attached hydrogens (tertiary/aromatic N) is 1. The second-order valence-electron chi connectivity index (χ2n) is 10.1. The van der Waals surface area contributed by atoms with Crippen LogP contribution in [0.1, 0.15) is 44.2 Å². The van der Waals surface area contributed by atoms with Crippen molar-refractivity contribution in [2.45, 2.75) is 37.1 Å². The van der Waals surface area contributed by atoms with E-state index in [4.69, 9.17) is 42.1 Å². The summed E-state index contributed by atoms with van der Waals surface area (Å²) in [5.74, 6) is -0.0112. The normalized spacial score (nSPS) is 24.4. The molecule has 0 bridgehead atoms. The molecule has 3 aromatic carbocycles. The molecule has 3 heterocycles. The fourth-order valence-corrected chi connectivity index (χ4v) is 6.55. The highest BCUT2D eigenvalue weighted by Crippen LogP contribution is 2.51. The summed E-state index contributed by atoms with van der Waals surface area (Å²) in [7, 11) is 0. The molecule has 1 saturated heterocycles. The molecule has 3 aromatic rings. The molecule has 4 atom stereocenters. The van der Waals surface area contributed by atoms with Gasteiger partial charge in [0, 0.05) is 35.1 Å². The van der Waals surface area contributed by atoms with Crippen molar-refractivity contribution in [1.29, 1.82) is 0 Å². The van der Waals surface area contributed by atoms with Crippen LogP contribution in [-0.4, -0.2) is 48.4 Å². The summed E-state index contributed by atoms with van der Waals surface area (Å²) in [5.41, 5.74) is 3.89. The van der Waals surface area contributed by atoms with Crippen molar-refractivity contribution in [2.24, 2.45) is 0 Å². The molecular formula is C30H23Cl2NO6. The summed E-state index contributed by atoms with van der Waals surface area (Å²) in [6.07, 6.45) is 1.18. The minimum Gasteiger partial charge on any atom is -0.454 e. The Morgan fingerprint density at radius 3 is 2.23 bits per heavy atom. The van der Waals surface area contributed by atoms with Gasteiger partial charge in [0.05, 0.1) is 11.1 Å². The molecule has 0 saturated carbocycles. The molecule has 7 nitrogen and oxygen atoms in total. The van der Waals surface area contributed by atoms with Gasteiger partial charge in [-0.05, 0) is 72.2 Å². The highest BCUT2D eigenvalue weighted by atomic mass is 35.5. The van der Waals surface area contributed by atoms with Gasteiger partial charge in [0.2, 0.25) is 6.79 Å². The van der Waals surface area contributed by atoms with Gasteiger partial charge in [0.1, 0.15) is 0 Å². The number of hydrogen-bond donors (Lipinski definition) is 0. The van der Waals surface area contributed by atoms with E-state index in [2.05, 4.69) is 4.90 Å². The Balaban J connectivity index is 1.31. The zero-order valence-electron chi connectivity index (χ0n) is 20.6. The monoisotopic (exact) mass is 563 g/mol. The van der Waals surface area contributed by atoms with Crippen molar-refractivity contribution >= 4 is 35.1 Å². The van der Waals surface area contributed by atoms with Gasteiger partial charge in [0.15, 0.2) is 23.7 Å². The van der Waals surface area contributed by atoms with Crippen LogP contribution in [0.4, 0.5) is 0 Å². The summed E-state index contributed by atoms with van der Waals surface area (Å²) in [6.45, 7) is 1.76. The fourth-order valence-electron chi connectivity index (χ4n) is 6.17. The van der Waals surface area contributed by atoms with Crippen molar-refractivity contribution in [3.8, 4) is 11.5 Å². The number of ether oxygens (including phenoxy) is 4. The minimum atomic E-state index is -0.813. The first-order valence-corrected chi connectivity index (χ1v) is 13.5. The first-order valence-electron chi connectivity index (χ1n) is 12.7. The molecule has 0 aromatic heterocycles. The maximum Gasteiger partial charge on any atom is 0.338 e. The van der Waals surface area contributed by atoms with E-state index in [1.165, 1.54) is 5.57 Å². The zero-order valence-corrected chi connectivity index (χ0v) is 22.2. The van der Waals surface area contributed by atoms with E-state index < -0.39 is 24.1 Å².